The first-order valence-electron chi connectivity index (χ1n) is 4.77. The van der Waals surface area contributed by atoms with Gasteiger partial charge >= 0.3 is 0 Å². The van der Waals surface area contributed by atoms with E-state index in [9.17, 15) is 0 Å². The molecule has 1 aromatic carbocycles. The first-order chi connectivity index (χ1) is 8.10. The van der Waals surface area contributed by atoms with E-state index >= 15 is 0 Å². The predicted molar refractivity (Wildman–Crippen MR) is 71.3 cm³/mol. The Morgan fingerprint density at radius 2 is 1.65 bits per heavy atom. The number of hydrogen-bond acceptors (Lipinski definition) is 2. The number of aromatic nitrogens is 1. The van der Waals surface area contributed by atoms with Crippen LogP contribution in [0.15, 0.2) is 30.3 Å². The summed E-state index contributed by atoms with van der Waals surface area (Å²) in [5.41, 5.74) is 1.58. The van der Waals surface area contributed by atoms with E-state index in [4.69, 9.17) is 39.5 Å². The van der Waals surface area contributed by atoms with Crippen molar-refractivity contribution >= 4 is 34.8 Å². The van der Waals surface area contributed by atoms with E-state index in [1.54, 1.807) is 24.3 Å². The Bertz CT molecular complexity index is 537. The molecule has 0 aliphatic heterocycles. The molecule has 88 valence electrons. The topological polar surface area (TPSA) is 22.1 Å². The average molecular weight is 289 g/mol. The lowest BCUT2D eigenvalue weighted by Gasteiger charge is -2.07. The molecule has 0 saturated carbocycles. The normalized spacial score (nSPS) is 10.4. The molecule has 2 rings (SSSR count). The van der Waals surface area contributed by atoms with Crippen molar-refractivity contribution in [2.45, 2.75) is 0 Å². The summed E-state index contributed by atoms with van der Waals surface area (Å²) in [7, 11) is 1.54. The van der Waals surface area contributed by atoms with E-state index in [-0.39, 0.29) is 0 Å². The van der Waals surface area contributed by atoms with Gasteiger partial charge in [0.05, 0.1) is 7.11 Å². The maximum absolute atomic E-state index is 6.07. The third-order valence-corrected chi connectivity index (χ3v) is 2.93. The Morgan fingerprint density at radius 3 is 2.18 bits per heavy atom. The zero-order valence-corrected chi connectivity index (χ0v) is 11.1. The first-order valence-corrected chi connectivity index (χ1v) is 5.90. The summed E-state index contributed by atoms with van der Waals surface area (Å²) in [6, 6.07) is 8.77. The van der Waals surface area contributed by atoms with Gasteiger partial charge in [-0.25, -0.2) is 4.98 Å². The largest absolute Gasteiger partial charge is 0.481 e. The predicted octanol–water partition coefficient (Wildman–Crippen LogP) is 4.72. The van der Waals surface area contributed by atoms with Crippen molar-refractivity contribution in [3.63, 3.8) is 0 Å². The molecule has 0 radical (unpaired) electrons. The summed E-state index contributed by atoms with van der Waals surface area (Å²) in [5, 5.41) is 1.46. The van der Waals surface area contributed by atoms with Gasteiger partial charge in [0.25, 0.3) is 0 Å². The Balaban J connectivity index is 2.52. The Labute approximate surface area is 114 Å². The summed E-state index contributed by atoms with van der Waals surface area (Å²) in [6.45, 7) is 0. The highest BCUT2D eigenvalue weighted by atomic mass is 35.5. The molecule has 0 aliphatic rings. The van der Waals surface area contributed by atoms with Crippen LogP contribution in [0, 0.1) is 0 Å². The number of rotatable bonds is 2. The van der Waals surface area contributed by atoms with Crippen LogP contribution in [-0.4, -0.2) is 12.1 Å². The maximum Gasteiger partial charge on any atom is 0.214 e. The van der Waals surface area contributed by atoms with Gasteiger partial charge in [-0.3, -0.25) is 0 Å². The molecule has 1 aromatic heterocycles. The smallest absolute Gasteiger partial charge is 0.214 e. The molecule has 0 spiro atoms. The first kappa shape index (κ1) is 12.5. The molecule has 0 amide bonds. The van der Waals surface area contributed by atoms with Gasteiger partial charge in [0.15, 0.2) is 0 Å². The third kappa shape index (κ3) is 2.83. The van der Waals surface area contributed by atoms with Gasteiger partial charge in [0.2, 0.25) is 5.88 Å². The highest BCUT2D eigenvalue weighted by Gasteiger charge is 2.08. The average Bonchev–Trinajstić information content (AvgIpc) is 2.27. The number of hydrogen-bond donors (Lipinski definition) is 0. The molecular formula is C12H8Cl3NO. The minimum absolute atomic E-state index is 0.350. The van der Waals surface area contributed by atoms with Gasteiger partial charge in [-0.05, 0) is 29.8 Å². The second kappa shape index (κ2) is 5.13. The molecular weight excluding hydrogens is 280 g/mol. The fraction of sp³-hybridized carbons (Fsp3) is 0.0833. The van der Waals surface area contributed by atoms with Crippen molar-refractivity contribution in [2.24, 2.45) is 0 Å². The standard InChI is InChI=1S/C12H8Cl3NO/c1-17-11-3-2-10(12(15)16-11)7-4-8(13)6-9(14)5-7/h2-6H,1H3. The van der Waals surface area contributed by atoms with Crippen LogP contribution in [0.5, 0.6) is 5.88 Å². The zero-order valence-electron chi connectivity index (χ0n) is 8.88. The van der Waals surface area contributed by atoms with Gasteiger partial charge in [-0.2, -0.15) is 0 Å². The monoisotopic (exact) mass is 287 g/mol. The van der Waals surface area contributed by atoms with Crippen molar-refractivity contribution in [1.29, 1.82) is 0 Å². The molecule has 1 heterocycles. The van der Waals surface area contributed by atoms with E-state index in [0.717, 1.165) is 11.1 Å². The van der Waals surface area contributed by atoms with E-state index in [1.165, 1.54) is 7.11 Å². The Kier molecular flexibility index (Phi) is 3.77. The lowest BCUT2D eigenvalue weighted by Crippen LogP contribution is -1.89. The second-order valence-corrected chi connectivity index (χ2v) is 4.58. The number of methoxy groups -OCH3 is 1. The van der Waals surface area contributed by atoms with Gasteiger partial charge < -0.3 is 4.74 Å². The van der Waals surface area contributed by atoms with Crippen molar-refractivity contribution in [1.82, 2.24) is 4.98 Å². The fourth-order valence-corrected chi connectivity index (χ4v) is 2.24. The number of halogens is 3. The molecule has 0 aliphatic carbocycles. The van der Waals surface area contributed by atoms with Crippen LogP contribution in [-0.2, 0) is 0 Å². The molecule has 0 N–H and O–H groups in total. The summed E-state index contributed by atoms with van der Waals surface area (Å²) < 4.78 is 4.99. The maximum atomic E-state index is 6.07. The minimum Gasteiger partial charge on any atom is -0.481 e. The summed E-state index contributed by atoms with van der Waals surface area (Å²) in [6.07, 6.45) is 0. The van der Waals surface area contributed by atoms with Gasteiger partial charge in [0, 0.05) is 21.7 Å². The van der Waals surface area contributed by atoms with Crippen LogP contribution in [0.25, 0.3) is 11.1 Å². The highest BCUT2D eigenvalue weighted by Crippen LogP contribution is 2.32. The number of ether oxygens (including phenoxy) is 1. The van der Waals surface area contributed by atoms with Crippen molar-refractivity contribution in [3.05, 3.63) is 45.5 Å². The van der Waals surface area contributed by atoms with Gasteiger partial charge in [-0.15, -0.1) is 0 Å². The molecule has 0 bridgehead atoms. The van der Waals surface area contributed by atoms with Crippen molar-refractivity contribution in [2.75, 3.05) is 7.11 Å². The van der Waals surface area contributed by atoms with Crippen molar-refractivity contribution in [3.8, 4) is 17.0 Å². The SMILES string of the molecule is COc1ccc(-c2cc(Cl)cc(Cl)c2)c(Cl)n1. The summed E-state index contributed by atoms with van der Waals surface area (Å²) in [5.74, 6) is 0.465. The molecule has 0 fully saturated rings. The number of benzene rings is 1. The van der Waals surface area contributed by atoms with Crippen LogP contribution in [0.1, 0.15) is 0 Å². The van der Waals surface area contributed by atoms with E-state index < -0.39 is 0 Å². The zero-order chi connectivity index (χ0) is 12.4. The Morgan fingerprint density at radius 1 is 1.00 bits per heavy atom. The summed E-state index contributed by atoms with van der Waals surface area (Å²) >= 11 is 17.9. The van der Waals surface area contributed by atoms with Gasteiger partial charge in [-0.1, -0.05) is 34.8 Å². The van der Waals surface area contributed by atoms with Gasteiger partial charge in [0.1, 0.15) is 5.15 Å². The minimum atomic E-state index is 0.350. The van der Waals surface area contributed by atoms with E-state index in [2.05, 4.69) is 4.98 Å². The summed E-state index contributed by atoms with van der Waals surface area (Å²) in [4.78, 5) is 4.08. The number of pyridine rings is 1. The molecule has 5 heteroatoms. The van der Waals surface area contributed by atoms with Crippen molar-refractivity contribution < 1.29 is 4.74 Å². The van der Waals surface area contributed by atoms with Crippen LogP contribution < -0.4 is 4.74 Å². The van der Waals surface area contributed by atoms with Crippen LogP contribution >= 0.6 is 34.8 Å². The van der Waals surface area contributed by atoms with Crippen LogP contribution in [0.3, 0.4) is 0 Å². The highest BCUT2D eigenvalue weighted by molar-refractivity contribution is 6.35. The lowest BCUT2D eigenvalue weighted by molar-refractivity contribution is 0.398. The second-order valence-electron chi connectivity index (χ2n) is 3.35. The lowest BCUT2D eigenvalue weighted by atomic mass is 10.1. The fourth-order valence-electron chi connectivity index (χ4n) is 1.46. The van der Waals surface area contributed by atoms with Crippen LogP contribution in [0.4, 0.5) is 0 Å². The van der Waals surface area contributed by atoms with E-state index in [0.29, 0.717) is 21.1 Å². The Hall–Kier alpha value is -0.960. The molecule has 0 unspecified atom stereocenters. The molecule has 2 aromatic rings. The molecule has 2 nitrogen and oxygen atoms in total. The molecule has 17 heavy (non-hydrogen) atoms. The van der Waals surface area contributed by atoms with Crippen LogP contribution in [0.2, 0.25) is 15.2 Å². The third-order valence-electron chi connectivity index (χ3n) is 2.21. The number of nitrogens with zero attached hydrogens (tertiary/aromatic N) is 1. The molecule has 0 atom stereocenters. The molecule has 0 saturated heterocycles. The van der Waals surface area contributed by atoms with E-state index in [1.807, 2.05) is 6.07 Å². The quantitative estimate of drug-likeness (QED) is 0.746.